The molecule has 144 valence electrons. The summed E-state index contributed by atoms with van der Waals surface area (Å²) in [7, 11) is 1.91. The number of benzene rings is 1. The van der Waals surface area contributed by atoms with Crippen LogP contribution in [0.5, 0.6) is 0 Å². The summed E-state index contributed by atoms with van der Waals surface area (Å²) in [5.74, 6) is -0.362. The summed E-state index contributed by atoms with van der Waals surface area (Å²) in [5.41, 5.74) is 1.29. The molecule has 1 aliphatic heterocycles. The summed E-state index contributed by atoms with van der Waals surface area (Å²) >= 11 is 0. The van der Waals surface area contributed by atoms with E-state index in [2.05, 4.69) is 15.6 Å². The fourth-order valence-electron chi connectivity index (χ4n) is 3.59. The van der Waals surface area contributed by atoms with Crippen LogP contribution in [0.15, 0.2) is 24.3 Å². The first-order valence-corrected chi connectivity index (χ1v) is 9.08. The van der Waals surface area contributed by atoms with E-state index in [4.69, 9.17) is 5.11 Å². The first-order valence-electron chi connectivity index (χ1n) is 9.08. The SMILES string of the molecule is Cn1c(CNC(=O)CCC2(CCC(=O)O)CCC(=O)N2)nc2ccccc21. The number of amides is 2. The smallest absolute Gasteiger partial charge is 0.303 e. The van der Waals surface area contributed by atoms with E-state index in [1.165, 1.54) is 0 Å². The first kappa shape index (κ1) is 18.9. The van der Waals surface area contributed by atoms with Crippen molar-refractivity contribution in [3.05, 3.63) is 30.1 Å². The number of hydrogen-bond donors (Lipinski definition) is 3. The lowest BCUT2D eigenvalue weighted by atomic mass is 9.86. The molecule has 0 bridgehead atoms. The number of aromatic nitrogens is 2. The van der Waals surface area contributed by atoms with Crippen molar-refractivity contribution in [2.75, 3.05) is 0 Å². The zero-order valence-electron chi connectivity index (χ0n) is 15.3. The third-order valence-corrected chi connectivity index (χ3v) is 5.21. The maximum atomic E-state index is 12.3. The molecule has 1 unspecified atom stereocenters. The van der Waals surface area contributed by atoms with E-state index in [1.54, 1.807) is 0 Å². The van der Waals surface area contributed by atoms with E-state index >= 15 is 0 Å². The van der Waals surface area contributed by atoms with E-state index in [-0.39, 0.29) is 24.7 Å². The fourth-order valence-corrected chi connectivity index (χ4v) is 3.59. The molecule has 1 atom stereocenters. The molecule has 1 saturated heterocycles. The molecule has 0 saturated carbocycles. The summed E-state index contributed by atoms with van der Waals surface area (Å²) in [6.07, 6.45) is 1.91. The molecule has 1 fully saturated rings. The van der Waals surface area contributed by atoms with Gasteiger partial charge in [-0.1, -0.05) is 12.1 Å². The van der Waals surface area contributed by atoms with Gasteiger partial charge in [-0.3, -0.25) is 14.4 Å². The molecule has 8 heteroatoms. The number of para-hydroxylation sites is 2. The highest BCUT2D eigenvalue weighted by atomic mass is 16.4. The standard InChI is InChI=1S/C19H24N4O4/c1-23-14-5-3-2-4-13(14)21-15(23)12-20-16(24)6-9-19(11-8-18(26)27)10-7-17(25)22-19/h2-5H,6-12H2,1H3,(H,20,24)(H,22,25)(H,26,27). The van der Waals surface area contributed by atoms with E-state index in [1.807, 2.05) is 35.9 Å². The number of fused-ring (bicyclic) bond motifs is 1. The number of nitrogens with zero attached hydrogens (tertiary/aromatic N) is 2. The number of carboxylic acids is 1. The molecule has 0 aliphatic carbocycles. The average Bonchev–Trinajstić information content (AvgIpc) is 3.18. The molecule has 2 amide bonds. The Morgan fingerprint density at radius 3 is 2.70 bits per heavy atom. The van der Waals surface area contributed by atoms with Crippen LogP contribution in [0.25, 0.3) is 11.0 Å². The monoisotopic (exact) mass is 372 g/mol. The number of carboxylic acid groups (broad SMARTS) is 1. The van der Waals surface area contributed by atoms with E-state index in [0.29, 0.717) is 32.2 Å². The van der Waals surface area contributed by atoms with Crippen LogP contribution in [-0.4, -0.2) is 38.0 Å². The van der Waals surface area contributed by atoms with Crippen molar-refractivity contribution >= 4 is 28.8 Å². The van der Waals surface area contributed by atoms with Crippen molar-refractivity contribution in [1.82, 2.24) is 20.2 Å². The quantitative estimate of drug-likeness (QED) is 0.650. The van der Waals surface area contributed by atoms with Gasteiger partial charge in [-0.25, -0.2) is 4.98 Å². The van der Waals surface area contributed by atoms with Gasteiger partial charge in [-0.05, 0) is 31.4 Å². The van der Waals surface area contributed by atoms with Crippen molar-refractivity contribution in [3.63, 3.8) is 0 Å². The number of aryl methyl sites for hydroxylation is 1. The van der Waals surface area contributed by atoms with Gasteiger partial charge < -0.3 is 20.3 Å². The molecule has 0 radical (unpaired) electrons. The second-order valence-corrected chi connectivity index (χ2v) is 7.07. The summed E-state index contributed by atoms with van der Waals surface area (Å²) in [5, 5.41) is 14.7. The Balaban J connectivity index is 1.55. The van der Waals surface area contributed by atoms with Gasteiger partial charge in [0.15, 0.2) is 0 Å². The van der Waals surface area contributed by atoms with Crippen LogP contribution < -0.4 is 10.6 Å². The Kier molecular flexibility index (Phi) is 5.43. The largest absolute Gasteiger partial charge is 0.481 e. The van der Waals surface area contributed by atoms with Crippen LogP contribution >= 0.6 is 0 Å². The predicted octanol–water partition coefficient (Wildman–Crippen LogP) is 1.48. The minimum absolute atomic E-state index is 0.0260. The Bertz CT molecular complexity index is 876. The van der Waals surface area contributed by atoms with Crippen molar-refractivity contribution in [2.24, 2.45) is 7.05 Å². The van der Waals surface area contributed by atoms with Crippen LogP contribution in [0.1, 0.15) is 44.3 Å². The number of nitrogens with one attached hydrogen (secondary N) is 2. The van der Waals surface area contributed by atoms with Gasteiger partial charge in [0.2, 0.25) is 11.8 Å². The Labute approximate surface area is 157 Å². The summed E-state index contributed by atoms with van der Waals surface area (Å²) in [4.78, 5) is 39.3. The number of carbonyl (C=O) groups is 3. The average molecular weight is 372 g/mol. The predicted molar refractivity (Wildman–Crippen MR) is 98.8 cm³/mol. The number of rotatable bonds is 8. The molecule has 2 heterocycles. The van der Waals surface area contributed by atoms with Gasteiger partial charge in [0.05, 0.1) is 17.6 Å². The second kappa shape index (κ2) is 7.77. The van der Waals surface area contributed by atoms with Crippen LogP contribution in [0.3, 0.4) is 0 Å². The Morgan fingerprint density at radius 2 is 2.04 bits per heavy atom. The van der Waals surface area contributed by atoms with Gasteiger partial charge >= 0.3 is 5.97 Å². The minimum Gasteiger partial charge on any atom is -0.481 e. The van der Waals surface area contributed by atoms with Gasteiger partial charge in [0.1, 0.15) is 5.82 Å². The molecular weight excluding hydrogens is 348 g/mol. The minimum atomic E-state index is -0.901. The summed E-state index contributed by atoms with van der Waals surface area (Å²) in [6.45, 7) is 0.318. The van der Waals surface area contributed by atoms with E-state index in [9.17, 15) is 14.4 Å². The Hall–Kier alpha value is -2.90. The lowest BCUT2D eigenvalue weighted by molar-refractivity contribution is -0.137. The van der Waals surface area contributed by atoms with Crippen LogP contribution in [0, 0.1) is 0 Å². The fraction of sp³-hybridized carbons (Fsp3) is 0.474. The third-order valence-electron chi connectivity index (χ3n) is 5.21. The molecule has 3 N–H and O–H groups in total. The molecule has 2 aromatic rings. The molecule has 1 aromatic heterocycles. The maximum Gasteiger partial charge on any atom is 0.303 e. The topological polar surface area (TPSA) is 113 Å². The van der Waals surface area contributed by atoms with Gasteiger partial charge in [-0.15, -0.1) is 0 Å². The molecule has 1 aromatic carbocycles. The Morgan fingerprint density at radius 1 is 1.30 bits per heavy atom. The van der Waals surface area contributed by atoms with Gasteiger partial charge in [0, 0.05) is 31.8 Å². The highest BCUT2D eigenvalue weighted by Gasteiger charge is 2.37. The van der Waals surface area contributed by atoms with Gasteiger partial charge in [0.25, 0.3) is 0 Å². The second-order valence-electron chi connectivity index (χ2n) is 7.07. The van der Waals surface area contributed by atoms with Gasteiger partial charge in [-0.2, -0.15) is 0 Å². The molecule has 27 heavy (non-hydrogen) atoms. The lowest BCUT2D eigenvalue weighted by Crippen LogP contribution is -2.43. The maximum absolute atomic E-state index is 12.3. The zero-order chi connectivity index (χ0) is 19.4. The van der Waals surface area contributed by atoms with Crippen LogP contribution in [-0.2, 0) is 28.0 Å². The van der Waals surface area contributed by atoms with Crippen LogP contribution in [0.2, 0.25) is 0 Å². The van der Waals surface area contributed by atoms with Crippen molar-refractivity contribution in [3.8, 4) is 0 Å². The summed E-state index contributed by atoms with van der Waals surface area (Å²) < 4.78 is 1.95. The van der Waals surface area contributed by atoms with Crippen molar-refractivity contribution in [2.45, 2.75) is 50.6 Å². The molecule has 0 spiro atoms. The first-order chi connectivity index (χ1) is 12.9. The number of aliphatic carboxylic acids is 1. The summed E-state index contributed by atoms with van der Waals surface area (Å²) in [6, 6.07) is 7.77. The number of imidazole rings is 1. The highest BCUT2D eigenvalue weighted by molar-refractivity contribution is 5.80. The highest BCUT2D eigenvalue weighted by Crippen LogP contribution is 2.30. The lowest BCUT2D eigenvalue weighted by Gasteiger charge is -2.28. The number of carbonyl (C=O) groups excluding carboxylic acids is 2. The molecule has 8 nitrogen and oxygen atoms in total. The number of hydrogen-bond acceptors (Lipinski definition) is 4. The third kappa shape index (κ3) is 4.45. The zero-order valence-corrected chi connectivity index (χ0v) is 15.3. The normalized spacial score (nSPS) is 19.2. The molecular formula is C19H24N4O4. The molecule has 1 aliphatic rings. The van der Waals surface area contributed by atoms with Crippen molar-refractivity contribution in [1.29, 1.82) is 0 Å². The van der Waals surface area contributed by atoms with E-state index in [0.717, 1.165) is 16.9 Å². The molecule has 3 rings (SSSR count). The van der Waals surface area contributed by atoms with Crippen LogP contribution in [0.4, 0.5) is 0 Å². The van der Waals surface area contributed by atoms with E-state index < -0.39 is 11.5 Å². The van der Waals surface area contributed by atoms with Crippen molar-refractivity contribution < 1.29 is 19.5 Å².